The lowest BCUT2D eigenvalue weighted by Gasteiger charge is -2.31. The number of nitrogens with zero attached hydrogens (tertiary/aromatic N) is 3. The van der Waals surface area contributed by atoms with Crippen molar-refractivity contribution in [3.63, 3.8) is 0 Å². The normalized spacial score (nSPS) is 18.3. The summed E-state index contributed by atoms with van der Waals surface area (Å²) in [6.07, 6.45) is 11.1. The Hall–Kier alpha value is -6.37. The molecule has 31 nitrogen and oxygen atoms in total. The summed E-state index contributed by atoms with van der Waals surface area (Å²) in [7, 11) is -23.4. The number of carbonyl (C=O) groups is 3. The first-order valence-corrected chi connectivity index (χ1v) is 38.2. The number of anilines is 1. The third kappa shape index (κ3) is 21.4. The average Bonchev–Trinajstić information content (AvgIpc) is 1.60. The molecule has 99 heavy (non-hydrogen) atoms. The highest BCUT2D eigenvalue weighted by Crippen LogP contribution is 2.54. The van der Waals surface area contributed by atoms with Crippen LogP contribution in [0.1, 0.15) is 63.5 Å². The lowest BCUT2D eigenvalue weighted by Crippen LogP contribution is -2.32. The second kappa shape index (κ2) is 35.5. The zero-order chi connectivity index (χ0) is 72.4. The third-order valence-electron chi connectivity index (χ3n) is 16.3. The number of methoxy groups -OCH3 is 2. The number of imide groups is 1. The molecule has 4 aromatic rings. The summed E-state index contributed by atoms with van der Waals surface area (Å²) in [5.41, 5.74) is -0.263. The molecule has 0 N–H and O–H groups in total. The third-order valence-corrected chi connectivity index (χ3v) is 20.5. The summed E-state index contributed by atoms with van der Waals surface area (Å²) in [6, 6.07) is 8.71. The Bertz CT molecular complexity index is 4330. The van der Waals surface area contributed by atoms with Gasteiger partial charge < -0.3 is 75.1 Å². The molecule has 2 atom stereocenters. The maximum Gasteiger partial charge on any atom is 0.335 e. The summed E-state index contributed by atoms with van der Waals surface area (Å²) in [5, 5.41) is -0.0405. The Morgan fingerprint density at radius 3 is 1.52 bits per heavy atom. The Morgan fingerprint density at radius 1 is 0.525 bits per heavy atom. The monoisotopic (exact) mass is 1480 g/mol. The van der Waals surface area contributed by atoms with Crippen LogP contribution in [0.15, 0.2) is 116 Å². The molecule has 3 aliphatic rings. The van der Waals surface area contributed by atoms with Gasteiger partial charge in [-0.3, -0.25) is 9.59 Å². The molecule has 0 spiro atoms. The summed E-state index contributed by atoms with van der Waals surface area (Å²) in [6.45, 7) is 6.24. The van der Waals surface area contributed by atoms with Crippen LogP contribution in [0.5, 0.6) is 0 Å². The molecule has 3 aliphatic heterocycles. The molecule has 7 rings (SSSR count). The molecule has 0 radical (unpaired) electrons. The summed E-state index contributed by atoms with van der Waals surface area (Å²) >= 11 is 0. The first-order chi connectivity index (χ1) is 46.8. The zero-order valence-corrected chi connectivity index (χ0v) is 58.7. The van der Waals surface area contributed by atoms with Gasteiger partial charge in [0.05, 0.1) is 134 Å². The fourth-order valence-corrected chi connectivity index (χ4v) is 14.9. The lowest BCUT2D eigenvalue weighted by molar-refractivity contribution is -0.441. The number of fused-ring (bicyclic) bond motifs is 6. The van der Waals surface area contributed by atoms with Crippen LogP contribution >= 0.6 is 0 Å². The van der Waals surface area contributed by atoms with Gasteiger partial charge in [-0.25, -0.2) is 46.9 Å². The van der Waals surface area contributed by atoms with Crippen molar-refractivity contribution < 1.29 is 131 Å². The van der Waals surface area contributed by atoms with E-state index in [1.807, 2.05) is 4.90 Å². The molecular weight excluding hydrogens is 1410 g/mol. The van der Waals surface area contributed by atoms with Crippen molar-refractivity contribution in [2.75, 3.05) is 144 Å². The van der Waals surface area contributed by atoms with Crippen molar-refractivity contribution in [2.24, 2.45) is 0 Å². The second-order valence-corrected chi connectivity index (χ2v) is 30.0. The average molecular weight is 1480 g/mol. The Morgan fingerprint density at radius 2 is 1.00 bits per heavy atom. The van der Waals surface area contributed by atoms with E-state index >= 15 is 0 Å². The highest BCUT2D eigenvalue weighted by Gasteiger charge is 2.49. The molecule has 2 unspecified atom stereocenters. The molecule has 546 valence electrons. The van der Waals surface area contributed by atoms with Gasteiger partial charge in [0.15, 0.2) is 12.3 Å². The summed E-state index contributed by atoms with van der Waals surface area (Å²) < 4.78 is 240. The molecule has 0 aromatic heterocycles. The van der Waals surface area contributed by atoms with Gasteiger partial charge in [0.1, 0.15) is 47.1 Å². The molecule has 4 aromatic carbocycles. The van der Waals surface area contributed by atoms with Crippen molar-refractivity contribution in [3.05, 3.63) is 108 Å². The predicted molar refractivity (Wildman–Crippen MR) is 347 cm³/mol. The van der Waals surface area contributed by atoms with E-state index in [1.165, 1.54) is 25.3 Å². The summed E-state index contributed by atoms with van der Waals surface area (Å²) in [5.74, 6) is -2.81. The minimum absolute atomic E-state index is 0.0220. The number of allylic oxidation sites excluding steroid dienone is 8. The maximum atomic E-state index is 12.9. The van der Waals surface area contributed by atoms with Crippen LogP contribution in [0, 0.1) is 0 Å². The zero-order valence-electron chi connectivity index (χ0n) is 54.7. The number of hydroxylamine groups is 2. The van der Waals surface area contributed by atoms with Gasteiger partial charge in [-0.1, -0.05) is 36.4 Å². The first kappa shape index (κ1) is 79.9. The largest absolute Gasteiger partial charge is 0.748 e. The fourth-order valence-electron chi connectivity index (χ4n) is 11.8. The number of carbonyl (C=O) groups excluding carboxylic acids is 3. The molecule has 0 aliphatic carbocycles. The van der Waals surface area contributed by atoms with Crippen LogP contribution in [0.4, 0.5) is 11.4 Å². The maximum absolute atomic E-state index is 12.9. The highest BCUT2D eigenvalue weighted by molar-refractivity contribution is 7.87. The van der Waals surface area contributed by atoms with Crippen molar-refractivity contribution in [3.8, 4) is 0 Å². The minimum Gasteiger partial charge on any atom is -0.748 e. The van der Waals surface area contributed by atoms with E-state index in [-0.39, 0.29) is 165 Å². The van der Waals surface area contributed by atoms with Crippen molar-refractivity contribution >= 4 is 107 Å². The van der Waals surface area contributed by atoms with Gasteiger partial charge >= 0.3 is 5.97 Å². The molecule has 1 fully saturated rings. The first-order valence-electron chi connectivity index (χ1n) is 31.0. The van der Waals surface area contributed by atoms with Crippen LogP contribution in [0.25, 0.3) is 21.5 Å². The number of rotatable bonds is 43. The number of hydrogen-bond donors (Lipinski definition) is 0. The van der Waals surface area contributed by atoms with E-state index in [0.717, 1.165) is 12.1 Å². The van der Waals surface area contributed by atoms with Crippen molar-refractivity contribution in [1.82, 2.24) is 5.06 Å². The van der Waals surface area contributed by atoms with Gasteiger partial charge in [-0.15, -0.1) is 5.06 Å². The topological polar surface area (TPSA) is 439 Å². The van der Waals surface area contributed by atoms with Crippen LogP contribution < -0.4 is 4.90 Å². The standard InChI is InChI=1S/C63H81N3O28S5/c1-62(20-10-40-95(70,71)72)55(64(22-26-85-3)51-15-13-47-49(60(51)62)41-45(96(73,74)75)43-53(47)98(79,80)81)11-8-6-5-7-9-12-56-63(2,21-25-88-31-34-92-37-36-90-29-28-86-4)61-50-42-46(97(76,77)78)44-54(99(82,83)84)48(50)14-16-52(61)65(56)23-27-89-32-35-93-39-38-91-33-30-87-24-19-59(69)94-66-57(67)17-18-58(66)68/h5-9,11-16,41-44H,10,17-40H2,1-4H3,(H4-,70,71,72,73,74,75,76,77,78,79,80,81,82,83,84)/p-4. The predicted octanol–water partition coefficient (Wildman–Crippen LogP) is 3.42. The quantitative estimate of drug-likeness (QED) is 0.0201. The SMILES string of the molecule is COCCOCCOCCOCCC1(C)\C(=C/C=C/C=C/C=C/C2=[N+](CCOC)c3ccc4c(S(=O)(=O)[O-])cc(S(=O)(=O)[O-])cc4c3C2(C)CCCS(=O)(=O)[O-])N(CCOCCOCCOCCOCCC(=O)ON2C(=O)CCC2=O)c2ccc3c(S(=O)(=O)[O-])cc(S(=O)(=O)[O-])cc3c21. The van der Waals surface area contributed by atoms with Gasteiger partial charge in [-0.2, -0.15) is 4.58 Å². The highest BCUT2D eigenvalue weighted by atomic mass is 32.2. The molecule has 0 saturated carbocycles. The summed E-state index contributed by atoms with van der Waals surface area (Å²) in [4.78, 5) is 38.1. The lowest BCUT2D eigenvalue weighted by atomic mass is 9.74. The van der Waals surface area contributed by atoms with Crippen molar-refractivity contribution in [1.29, 1.82) is 0 Å². The van der Waals surface area contributed by atoms with E-state index in [1.54, 1.807) is 74.1 Å². The number of amides is 2. The van der Waals surface area contributed by atoms with Crippen LogP contribution in [0.3, 0.4) is 0 Å². The van der Waals surface area contributed by atoms with E-state index in [9.17, 15) is 79.2 Å². The Kier molecular flexibility index (Phi) is 28.7. The fraction of sp³-hybridized carbons (Fsp3) is 0.492. The van der Waals surface area contributed by atoms with Crippen LogP contribution in [0.2, 0.25) is 0 Å². The van der Waals surface area contributed by atoms with E-state index in [2.05, 4.69) is 0 Å². The number of hydrogen-bond acceptors (Lipinski definition) is 29. The van der Waals surface area contributed by atoms with E-state index in [0.29, 0.717) is 65.4 Å². The molecule has 0 bridgehead atoms. The second-order valence-electron chi connectivity index (χ2n) is 23.0. The van der Waals surface area contributed by atoms with E-state index < -0.39 is 105 Å². The van der Waals surface area contributed by atoms with E-state index in [4.69, 9.17) is 47.5 Å². The number of benzene rings is 4. The van der Waals surface area contributed by atoms with Gasteiger partial charge in [-0.05, 0) is 97.3 Å². The Balaban J connectivity index is 1.17. The molecule has 2 amide bonds. The van der Waals surface area contributed by atoms with Crippen LogP contribution in [-0.2, 0) is 123 Å². The Labute approximate surface area is 574 Å². The van der Waals surface area contributed by atoms with Gasteiger partial charge in [0.25, 0.3) is 11.8 Å². The van der Waals surface area contributed by atoms with Gasteiger partial charge in [0.2, 0.25) is 5.69 Å². The molecule has 1 saturated heterocycles. The van der Waals surface area contributed by atoms with Crippen molar-refractivity contribution in [2.45, 2.75) is 82.8 Å². The molecule has 3 heterocycles. The molecule has 36 heteroatoms. The smallest absolute Gasteiger partial charge is 0.335 e. The van der Waals surface area contributed by atoms with Crippen LogP contribution in [-0.4, -0.2) is 237 Å². The minimum atomic E-state index is -5.41. The number of ether oxygens (including phenoxy) is 9. The van der Waals surface area contributed by atoms with Gasteiger partial charge in [0, 0.05) is 85.9 Å². The molecular formula is C63H77N3O28S5-4.